The normalized spacial score (nSPS) is 13.0. The van der Waals surface area contributed by atoms with Crippen LogP contribution in [0.3, 0.4) is 0 Å². The Hall–Kier alpha value is -7.94. The SMILES string of the molecule is c1ccc(-c2ccc(N(c3ccc4c(c3)C(c3ccccc3)(c3ccccc3)c3ccccc3-4)c3ccc4c5c(cccc35)N(c3ccccc3)c3ccccc3-4)cc2)cc1. The molecule has 2 nitrogen and oxygen atoms in total. The second kappa shape index (κ2) is 14.1. The Balaban J connectivity index is 1.13. The summed E-state index contributed by atoms with van der Waals surface area (Å²) >= 11 is 0. The van der Waals surface area contributed by atoms with Crippen LogP contribution in [0, 0.1) is 0 Å². The van der Waals surface area contributed by atoms with Crippen molar-refractivity contribution in [3.63, 3.8) is 0 Å². The highest BCUT2D eigenvalue weighted by molar-refractivity contribution is 6.18. The highest BCUT2D eigenvalue weighted by Crippen LogP contribution is 2.58. The highest BCUT2D eigenvalue weighted by atomic mass is 15.2. The van der Waals surface area contributed by atoms with Crippen LogP contribution in [-0.4, -0.2) is 0 Å². The summed E-state index contributed by atoms with van der Waals surface area (Å²) in [6, 6.07) is 89.1. The molecular formula is C59H40N2. The molecule has 0 saturated heterocycles. The average Bonchev–Trinajstić information content (AvgIpc) is 3.64. The largest absolute Gasteiger partial charge is 0.310 e. The van der Waals surface area contributed by atoms with E-state index in [9.17, 15) is 0 Å². The lowest BCUT2D eigenvalue weighted by atomic mass is 9.67. The number of nitrogens with zero attached hydrogens (tertiary/aromatic N) is 2. The monoisotopic (exact) mass is 776 g/mol. The maximum absolute atomic E-state index is 2.48. The minimum atomic E-state index is -0.521. The van der Waals surface area contributed by atoms with Crippen molar-refractivity contribution < 1.29 is 0 Å². The van der Waals surface area contributed by atoms with Gasteiger partial charge in [-0.15, -0.1) is 0 Å². The fourth-order valence-electron chi connectivity index (χ4n) is 10.3. The fraction of sp³-hybridized carbons (Fsp3) is 0.0169. The van der Waals surface area contributed by atoms with Gasteiger partial charge in [-0.1, -0.05) is 188 Å². The van der Waals surface area contributed by atoms with Crippen LogP contribution in [0.4, 0.5) is 34.1 Å². The smallest absolute Gasteiger partial charge is 0.0714 e. The summed E-state index contributed by atoms with van der Waals surface area (Å²) in [5.74, 6) is 0. The zero-order valence-corrected chi connectivity index (χ0v) is 33.5. The number of anilines is 6. The summed E-state index contributed by atoms with van der Waals surface area (Å²) < 4.78 is 0. The van der Waals surface area contributed by atoms with Crippen LogP contribution in [0.2, 0.25) is 0 Å². The first-order valence-electron chi connectivity index (χ1n) is 21.1. The number of benzene rings is 10. The van der Waals surface area contributed by atoms with Crippen LogP contribution in [0.25, 0.3) is 44.2 Å². The zero-order chi connectivity index (χ0) is 40.3. The molecule has 0 saturated carbocycles. The first-order valence-corrected chi connectivity index (χ1v) is 21.1. The van der Waals surface area contributed by atoms with E-state index in [1.54, 1.807) is 0 Å². The average molecular weight is 777 g/mol. The Bertz CT molecular complexity index is 3190. The molecule has 0 spiro atoms. The van der Waals surface area contributed by atoms with Gasteiger partial charge in [0.05, 0.1) is 22.5 Å². The summed E-state index contributed by atoms with van der Waals surface area (Å²) in [7, 11) is 0. The molecule has 0 N–H and O–H groups in total. The molecule has 1 heterocycles. The zero-order valence-electron chi connectivity index (χ0n) is 33.5. The number of fused-ring (bicyclic) bond motifs is 5. The molecule has 10 aromatic carbocycles. The van der Waals surface area contributed by atoms with Crippen molar-refractivity contribution in [1.29, 1.82) is 0 Å². The van der Waals surface area contributed by atoms with Gasteiger partial charge in [-0.05, 0) is 105 Å². The second-order valence-electron chi connectivity index (χ2n) is 16.0. The van der Waals surface area contributed by atoms with E-state index in [2.05, 4.69) is 252 Å². The molecule has 1 aliphatic carbocycles. The van der Waals surface area contributed by atoms with E-state index in [-0.39, 0.29) is 0 Å². The summed E-state index contributed by atoms with van der Waals surface area (Å²) in [6.45, 7) is 0. The molecular weight excluding hydrogens is 737 g/mol. The lowest BCUT2D eigenvalue weighted by Gasteiger charge is -2.36. The van der Waals surface area contributed by atoms with Crippen LogP contribution in [-0.2, 0) is 5.41 Å². The Morgan fingerprint density at radius 2 is 0.885 bits per heavy atom. The van der Waals surface area contributed by atoms with Gasteiger partial charge in [0.15, 0.2) is 0 Å². The number of hydrogen-bond acceptors (Lipinski definition) is 2. The standard InChI is InChI=1S/C59H40N2/c1-5-18-41(19-6-1)42-32-34-46(35-33-42)60(56-39-38-51-50-27-14-16-30-55(50)61(45-24-11-4-12-25-45)57-31-17-28-52(56)58(51)57)47-36-37-49-48-26-13-15-29-53(48)59(54(49)40-47,43-20-7-2-8-21-43)44-22-9-3-10-23-44/h1-40H. The molecule has 0 unspecified atom stereocenters. The van der Waals surface area contributed by atoms with Crippen LogP contribution in [0.1, 0.15) is 22.3 Å². The van der Waals surface area contributed by atoms with Gasteiger partial charge in [-0.3, -0.25) is 0 Å². The number of hydrogen-bond donors (Lipinski definition) is 0. The molecule has 286 valence electrons. The van der Waals surface area contributed by atoms with Crippen molar-refractivity contribution in [2.24, 2.45) is 0 Å². The van der Waals surface area contributed by atoms with Crippen molar-refractivity contribution in [2.45, 2.75) is 5.41 Å². The van der Waals surface area contributed by atoms with Crippen molar-refractivity contribution in [3.05, 3.63) is 265 Å². The van der Waals surface area contributed by atoms with E-state index in [0.717, 1.165) is 22.7 Å². The topological polar surface area (TPSA) is 6.48 Å². The molecule has 0 amide bonds. The molecule has 12 rings (SSSR count). The van der Waals surface area contributed by atoms with Gasteiger partial charge >= 0.3 is 0 Å². The Morgan fingerprint density at radius 3 is 1.61 bits per heavy atom. The summed E-state index contributed by atoms with van der Waals surface area (Å²) in [5, 5.41) is 2.43. The molecule has 10 aromatic rings. The van der Waals surface area contributed by atoms with E-state index in [4.69, 9.17) is 0 Å². The second-order valence-corrected chi connectivity index (χ2v) is 16.0. The van der Waals surface area contributed by atoms with E-state index in [1.165, 1.54) is 77.8 Å². The lowest BCUT2D eigenvalue weighted by Crippen LogP contribution is -2.28. The minimum Gasteiger partial charge on any atom is -0.310 e. The van der Waals surface area contributed by atoms with Crippen molar-refractivity contribution in [1.82, 2.24) is 0 Å². The van der Waals surface area contributed by atoms with Gasteiger partial charge in [0.1, 0.15) is 0 Å². The van der Waals surface area contributed by atoms with Gasteiger partial charge in [-0.25, -0.2) is 0 Å². The predicted octanol–water partition coefficient (Wildman–Crippen LogP) is 15.8. The van der Waals surface area contributed by atoms with Gasteiger partial charge < -0.3 is 9.80 Å². The number of rotatable bonds is 7. The van der Waals surface area contributed by atoms with Gasteiger partial charge in [-0.2, -0.15) is 0 Å². The summed E-state index contributed by atoms with van der Waals surface area (Å²) in [6.07, 6.45) is 0. The molecule has 0 aromatic heterocycles. The summed E-state index contributed by atoms with van der Waals surface area (Å²) in [5.41, 5.74) is 18.8. The van der Waals surface area contributed by atoms with E-state index in [1.807, 2.05) is 0 Å². The maximum Gasteiger partial charge on any atom is 0.0714 e. The van der Waals surface area contributed by atoms with E-state index < -0.39 is 5.41 Å². The van der Waals surface area contributed by atoms with Crippen molar-refractivity contribution in [3.8, 4) is 33.4 Å². The van der Waals surface area contributed by atoms with Gasteiger partial charge in [0.2, 0.25) is 0 Å². The first kappa shape index (κ1) is 35.0. The third kappa shape index (κ3) is 5.36. The lowest BCUT2D eigenvalue weighted by molar-refractivity contribution is 0.768. The van der Waals surface area contributed by atoms with Crippen LogP contribution < -0.4 is 9.80 Å². The third-order valence-corrected chi connectivity index (χ3v) is 12.9. The first-order chi connectivity index (χ1) is 30.3. The Morgan fingerprint density at radius 1 is 0.344 bits per heavy atom. The Kier molecular flexibility index (Phi) is 8.11. The van der Waals surface area contributed by atoms with Gasteiger partial charge in [0.25, 0.3) is 0 Å². The fourth-order valence-corrected chi connectivity index (χ4v) is 10.3. The molecule has 1 aliphatic heterocycles. The van der Waals surface area contributed by atoms with Crippen molar-refractivity contribution in [2.75, 3.05) is 9.80 Å². The highest BCUT2D eigenvalue weighted by Gasteiger charge is 2.46. The van der Waals surface area contributed by atoms with Crippen LogP contribution >= 0.6 is 0 Å². The molecule has 0 fully saturated rings. The number of para-hydroxylation sites is 2. The Labute approximate surface area is 356 Å². The van der Waals surface area contributed by atoms with Crippen molar-refractivity contribution >= 4 is 44.9 Å². The molecule has 0 bridgehead atoms. The van der Waals surface area contributed by atoms with Gasteiger partial charge in [0, 0.05) is 33.4 Å². The van der Waals surface area contributed by atoms with E-state index in [0.29, 0.717) is 0 Å². The van der Waals surface area contributed by atoms with Crippen LogP contribution in [0.5, 0.6) is 0 Å². The van der Waals surface area contributed by atoms with Crippen LogP contribution in [0.15, 0.2) is 243 Å². The van der Waals surface area contributed by atoms with E-state index >= 15 is 0 Å². The maximum atomic E-state index is 2.48. The predicted molar refractivity (Wildman–Crippen MR) is 255 cm³/mol. The quantitative estimate of drug-likeness (QED) is 0.159. The molecule has 61 heavy (non-hydrogen) atoms. The third-order valence-electron chi connectivity index (χ3n) is 12.9. The minimum absolute atomic E-state index is 0.521. The summed E-state index contributed by atoms with van der Waals surface area (Å²) in [4.78, 5) is 4.91. The molecule has 0 atom stereocenters. The molecule has 2 heteroatoms. The molecule has 2 aliphatic rings. The molecule has 0 radical (unpaired) electrons.